The van der Waals surface area contributed by atoms with Gasteiger partial charge in [0.2, 0.25) is 0 Å². The normalized spacial score (nSPS) is 13.1. The molecule has 0 radical (unpaired) electrons. The Morgan fingerprint density at radius 2 is 2.06 bits per heavy atom. The molecule has 3 heteroatoms. The van der Waals surface area contributed by atoms with Gasteiger partial charge in [0.1, 0.15) is 12.4 Å². The summed E-state index contributed by atoms with van der Waals surface area (Å²) in [5.74, 6) is 0.720. The van der Waals surface area contributed by atoms with Crippen LogP contribution in [-0.2, 0) is 0 Å². The molecule has 0 aliphatic heterocycles. The fourth-order valence-corrected chi connectivity index (χ4v) is 1.99. The first-order valence-corrected chi connectivity index (χ1v) is 6.25. The second kappa shape index (κ2) is 5.89. The average Bonchev–Trinajstić information content (AvgIpc) is 2.38. The summed E-state index contributed by atoms with van der Waals surface area (Å²) < 4.78 is 5.72. The van der Waals surface area contributed by atoms with Crippen molar-refractivity contribution >= 4 is 22.4 Å². The number of hydrogen-bond acceptors (Lipinski definition) is 2. The number of ether oxygens (including phenoxy) is 1. The smallest absolute Gasteiger partial charge is 0.133 e. The van der Waals surface area contributed by atoms with Crippen LogP contribution in [-0.4, -0.2) is 11.7 Å². The minimum absolute atomic E-state index is 0.386. The van der Waals surface area contributed by atoms with Gasteiger partial charge in [-0.05, 0) is 18.4 Å². The molecule has 0 aliphatic rings. The minimum Gasteiger partial charge on any atom is -0.488 e. The van der Waals surface area contributed by atoms with E-state index in [0.717, 1.165) is 22.1 Å². The fourth-order valence-electron chi connectivity index (χ4n) is 1.92. The molecule has 2 nitrogen and oxygen atoms in total. The molecule has 2 rings (SSSR count). The Balaban J connectivity index is 2.51. The zero-order valence-corrected chi connectivity index (χ0v) is 10.9. The molecule has 1 N–H and O–H groups in total. The molecule has 2 aromatic rings. The standard InChI is InChI=1S/C15H15ClO2/c1-11(17)13-8-7-12-5-2-3-6-14(12)15(13)18-10-4-9-16/h2-9,11,17H,10H2,1H3/t11-/m0/s1. The zero-order chi connectivity index (χ0) is 13.0. The van der Waals surface area contributed by atoms with Crippen LogP contribution in [0.25, 0.3) is 10.8 Å². The van der Waals surface area contributed by atoms with Gasteiger partial charge >= 0.3 is 0 Å². The molecule has 1 atom stereocenters. The van der Waals surface area contributed by atoms with E-state index in [4.69, 9.17) is 16.3 Å². The summed E-state index contributed by atoms with van der Waals surface area (Å²) in [6.45, 7) is 2.12. The molecule has 0 spiro atoms. The lowest BCUT2D eigenvalue weighted by Crippen LogP contribution is -2.01. The van der Waals surface area contributed by atoms with Crippen LogP contribution in [0, 0.1) is 0 Å². The number of hydrogen-bond donors (Lipinski definition) is 1. The zero-order valence-electron chi connectivity index (χ0n) is 10.1. The van der Waals surface area contributed by atoms with Crippen LogP contribution in [0.1, 0.15) is 18.6 Å². The van der Waals surface area contributed by atoms with Gasteiger partial charge < -0.3 is 9.84 Å². The molecule has 0 amide bonds. The quantitative estimate of drug-likeness (QED) is 0.902. The van der Waals surface area contributed by atoms with Crippen LogP contribution in [0.3, 0.4) is 0 Å². The van der Waals surface area contributed by atoms with Crippen molar-refractivity contribution < 1.29 is 9.84 Å². The van der Waals surface area contributed by atoms with Gasteiger partial charge in [-0.25, -0.2) is 0 Å². The number of aliphatic hydroxyl groups excluding tert-OH is 1. The van der Waals surface area contributed by atoms with E-state index in [1.54, 1.807) is 13.0 Å². The predicted octanol–water partition coefficient (Wildman–Crippen LogP) is 4.02. The van der Waals surface area contributed by atoms with Crippen molar-refractivity contribution in [1.29, 1.82) is 0 Å². The second-order valence-corrected chi connectivity index (χ2v) is 4.31. The van der Waals surface area contributed by atoms with Crippen LogP contribution in [0.5, 0.6) is 5.75 Å². The Bertz CT molecular complexity index is 561. The van der Waals surface area contributed by atoms with E-state index >= 15 is 0 Å². The number of halogens is 1. The van der Waals surface area contributed by atoms with Crippen molar-refractivity contribution in [2.24, 2.45) is 0 Å². The Morgan fingerprint density at radius 3 is 2.78 bits per heavy atom. The van der Waals surface area contributed by atoms with E-state index in [0.29, 0.717) is 6.61 Å². The van der Waals surface area contributed by atoms with E-state index in [-0.39, 0.29) is 0 Å². The maximum Gasteiger partial charge on any atom is 0.133 e. The summed E-state index contributed by atoms with van der Waals surface area (Å²) in [7, 11) is 0. The van der Waals surface area contributed by atoms with Crippen LogP contribution in [0.4, 0.5) is 0 Å². The third-order valence-electron chi connectivity index (χ3n) is 2.77. The van der Waals surface area contributed by atoms with Gasteiger partial charge in [0.25, 0.3) is 0 Å². The molecular weight excluding hydrogens is 248 g/mol. The Kier molecular flexibility index (Phi) is 4.24. The van der Waals surface area contributed by atoms with Crippen LogP contribution in [0.15, 0.2) is 48.0 Å². The molecule has 0 saturated carbocycles. The average molecular weight is 263 g/mol. The van der Waals surface area contributed by atoms with Gasteiger partial charge in [0.15, 0.2) is 0 Å². The topological polar surface area (TPSA) is 29.5 Å². The van der Waals surface area contributed by atoms with E-state index in [2.05, 4.69) is 0 Å². The van der Waals surface area contributed by atoms with Crippen molar-refractivity contribution in [3.8, 4) is 5.75 Å². The Labute approximate surface area is 111 Å². The lowest BCUT2D eigenvalue weighted by atomic mass is 10.0. The monoisotopic (exact) mass is 262 g/mol. The second-order valence-electron chi connectivity index (χ2n) is 4.05. The molecule has 0 bridgehead atoms. The summed E-state index contributed by atoms with van der Waals surface area (Å²) in [6.07, 6.45) is 1.15. The molecule has 0 aliphatic carbocycles. The first-order chi connectivity index (χ1) is 8.74. The number of aliphatic hydroxyl groups is 1. The number of fused-ring (bicyclic) bond motifs is 1. The molecule has 94 valence electrons. The van der Waals surface area contributed by atoms with Crippen molar-refractivity contribution in [2.75, 3.05) is 6.61 Å². The maximum absolute atomic E-state index is 9.80. The maximum atomic E-state index is 9.80. The molecule has 0 fully saturated rings. The van der Waals surface area contributed by atoms with Gasteiger partial charge in [-0.3, -0.25) is 0 Å². The van der Waals surface area contributed by atoms with Gasteiger partial charge in [-0.1, -0.05) is 48.0 Å². The van der Waals surface area contributed by atoms with Gasteiger partial charge in [-0.15, -0.1) is 0 Å². The van der Waals surface area contributed by atoms with E-state index in [1.165, 1.54) is 5.54 Å². The predicted molar refractivity (Wildman–Crippen MR) is 75.1 cm³/mol. The summed E-state index contributed by atoms with van der Waals surface area (Å²) in [4.78, 5) is 0. The third-order valence-corrected chi connectivity index (χ3v) is 2.95. The summed E-state index contributed by atoms with van der Waals surface area (Å²) in [5.41, 5.74) is 2.21. The van der Waals surface area contributed by atoms with Crippen LogP contribution in [0.2, 0.25) is 0 Å². The van der Waals surface area contributed by atoms with Crippen LogP contribution >= 0.6 is 11.6 Å². The van der Waals surface area contributed by atoms with Gasteiger partial charge in [0.05, 0.1) is 6.10 Å². The van der Waals surface area contributed by atoms with Gasteiger partial charge in [-0.2, -0.15) is 0 Å². The van der Waals surface area contributed by atoms with Crippen molar-refractivity contribution in [3.63, 3.8) is 0 Å². The Morgan fingerprint density at radius 1 is 1.28 bits per heavy atom. The van der Waals surface area contributed by atoms with E-state index in [9.17, 15) is 5.11 Å². The van der Waals surface area contributed by atoms with Crippen molar-refractivity contribution in [1.82, 2.24) is 0 Å². The molecule has 2 aromatic carbocycles. The van der Waals surface area contributed by atoms with Gasteiger partial charge in [0, 0.05) is 16.5 Å². The third kappa shape index (κ3) is 2.66. The lowest BCUT2D eigenvalue weighted by molar-refractivity contribution is 0.193. The highest BCUT2D eigenvalue weighted by Crippen LogP contribution is 2.33. The molecule has 0 saturated heterocycles. The molecule has 18 heavy (non-hydrogen) atoms. The largest absolute Gasteiger partial charge is 0.488 e. The summed E-state index contributed by atoms with van der Waals surface area (Å²) >= 11 is 5.48. The minimum atomic E-state index is -0.565. The van der Waals surface area contributed by atoms with E-state index in [1.807, 2.05) is 36.4 Å². The molecule has 0 heterocycles. The highest BCUT2D eigenvalue weighted by Gasteiger charge is 2.12. The number of rotatable bonds is 4. The lowest BCUT2D eigenvalue weighted by Gasteiger charge is -2.15. The molecule has 0 aromatic heterocycles. The summed E-state index contributed by atoms with van der Waals surface area (Å²) in [5, 5.41) is 11.9. The van der Waals surface area contributed by atoms with Crippen molar-refractivity contribution in [2.45, 2.75) is 13.0 Å². The fraction of sp³-hybridized carbons (Fsp3) is 0.200. The van der Waals surface area contributed by atoms with E-state index < -0.39 is 6.10 Å². The SMILES string of the molecule is C[C@H](O)c1ccc2ccccc2c1OCC=CCl. The first kappa shape index (κ1) is 12.9. The number of benzene rings is 2. The van der Waals surface area contributed by atoms with Crippen molar-refractivity contribution in [3.05, 3.63) is 53.6 Å². The Hall–Kier alpha value is -1.51. The molecule has 0 unspecified atom stereocenters. The first-order valence-electron chi connectivity index (χ1n) is 5.81. The molecular formula is C15H15ClO2. The van der Waals surface area contributed by atoms with Crippen LogP contribution < -0.4 is 4.74 Å². The summed E-state index contributed by atoms with van der Waals surface area (Å²) in [6, 6.07) is 11.8. The highest BCUT2D eigenvalue weighted by molar-refractivity contribution is 6.25. The highest BCUT2D eigenvalue weighted by atomic mass is 35.5.